The molecule has 1 atom stereocenters. The predicted octanol–water partition coefficient (Wildman–Crippen LogP) is 4.01. The van der Waals surface area contributed by atoms with Gasteiger partial charge in [0.15, 0.2) is 10.4 Å². The van der Waals surface area contributed by atoms with Gasteiger partial charge in [0.05, 0.1) is 11.6 Å². The maximum atomic E-state index is 5.51. The molecule has 110 valence electrons. The second-order valence-corrected chi connectivity index (χ2v) is 7.17. The first kappa shape index (κ1) is 15.7. The SMILES string of the molecule is CC(C)CC(CN(C)C)n1c(=S)[nH]c2cc(Br)cnc21. The number of pyridine rings is 1. The second-order valence-electron chi connectivity index (χ2n) is 5.87. The van der Waals surface area contributed by atoms with Gasteiger partial charge in [-0.3, -0.25) is 4.57 Å². The van der Waals surface area contributed by atoms with Crippen molar-refractivity contribution >= 4 is 39.3 Å². The van der Waals surface area contributed by atoms with Crippen LogP contribution in [0.2, 0.25) is 0 Å². The summed E-state index contributed by atoms with van der Waals surface area (Å²) in [4.78, 5) is 10.00. The van der Waals surface area contributed by atoms with Gasteiger partial charge in [-0.15, -0.1) is 0 Å². The van der Waals surface area contributed by atoms with Crippen molar-refractivity contribution in [3.05, 3.63) is 21.5 Å². The van der Waals surface area contributed by atoms with E-state index >= 15 is 0 Å². The summed E-state index contributed by atoms with van der Waals surface area (Å²) >= 11 is 8.96. The zero-order valence-corrected chi connectivity index (χ0v) is 14.8. The molecule has 4 nitrogen and oxygen atoms in total. The Morgan fingerprint density at radius 1 is 1.45 bits per heavy atom. The standard InChI is InChI=1S/C14H21BrN4S/c1-9(2)5-11(8-18(3)4)19-13-12(17-14(19)20)6-10(15)7-16-13/h6-7,9,11H,5,8H2,1-4H3,(H,17,20). The highest BCUT2D eigenvalue weighted by atomic mass is 79.9. The molecule has 0 bridgehead atoms. The molecule has 20 heavy (non-hydrogen) atoms. The zero-order chi connectivity index (χ0) is 14.9. The highest BCUT2D eigenvalue weighted by molar-refractivity contribution is 9.10. The van der Waals surface area contributed by atoms with Crippen LogP contribution in [0.25, 0.3) is 11.2 Å². The Hall–Kier alpha value is -0.720. The first-order valence-electron chi connectivity index (χ1n) is 6.79. The van der Waals surface area contributed by atoms with Gasteiger partial charge in [-0.25, -0.2) is 4.98 Å². The lowest BCUT2D eigenvalue weighted by Crippen LogP contribution is -2.26. The van der Waals surface area contributed by atoms with E-state index in [4.69, 9.17) is 12.2 Å². The number of aromatic amines is 1. The maximum absolute atomic E-state index is 5.51. The maximum Gasteiger partial charge on any atom is 0.179 e. The average molecular weight is 357 g/mol. The van der Waals surface area contributed by atoms with E-state index in [0.717, 1.165) is 33.4 Å². The third-order valence-electron chi connectivity index (χ3n) is 3.21. The van der Waals surface area contributed by atoms with E-state index in [1.807, 2.05) is 12.3 Å². The Bertz CT molecular complexity index is 634. The molecule has 0 saturated carbocycles. The first-order chi connectivity index (χ1) is 9.38. The Morgan fingerprint density at radius 3 is 2.75 bits per heavy atom. The van der Waals surface area contributed by atoms with Crippen LogP contribution in [0.4, 0.5) is 0 Å². The van der Waals surface area contributed by atoms with E-state index in [1.54, 1.807) is 0 Å². The molecular weight excluding hydrogens is 336 g/mol. The number of likely N-dealkylation sites (N-methyl/N-ethyl adjacent to an activating group) is 1. The van der Waals surface area contributed by atoms with E-state index in [2.05, 4.69) is 63.3 Å². The van der Waals surface area contributed by atoms with Crippen LogP contribution in [0.15, 0.2) is 16.7 Å². The van der Waals surface area contributed by atoms with Crippen molar-refractivity contribution in [1.82, 2.24) is 19.4 Å². The Morgan fingerprint density at radius 2 is 2.15 bits per heavy atom. The summed E-state index contributed by atoms with van der Waals surface area (Å²) in [7, 11) is 4.19. The van der Waals surface area contributed by atoms with Crippen LogP contribution in [0.5, 0.6) is 0 Å². The van der Waals surface area contributed by atoms with Crippen LogP contribution in [0.1, 0.15) is 26.3 Å². The van der Waals surface area contributed by atoms with Crippen molar-refractivity contribution in [2.45, 2.75) is 26.3 Å². The average Bonchev–Trinajstić information content (AvgIpc) is 2.61. The lowest BCUT2D eigenvalue weighted by atomic mass is 10.0. The largest absolute Gasteiger partial charge is 0.329 e. The number of rotatable bonds is 5. The van der Waals surface area contributed by atoms with Crippen molar-refractivity contribution in [3.63, 3.8) is 0 Å². The molecule has 2 heterocycles. The molecule has 0 aliphatic heterocycles. The van der Waals surface area contributed by atoms with Crippen LogP contribution < -0.4 is 0 Å². The minimum Gasteiger partial charge on any atom is -0.329 e. The first-order valence-corrected chi connectivity index (χ1v) is 7.99. The van der Waals surface area contributed by atoms with E-state index in [1.165, 1.54) is 0 Å². The summed E-state index contributed by atoms with van der Waals surface area (Å²) in [6, 6.07) is 2.36. The van der Waals surface area contributed by atoms with Gasteiger partial charge >= 0.3 is 0 Å². The number of aromatic nitrogens is 3. The van der Waals surface area contributed by atoms with Crippen molar-refractivity contribution in [1.29, 1.82) is 0 Å². The molecule has 0 radical (unpaired) electrons. The minimum atomic E-state index is 0.333. The summed E-state index contributed by atoms with van der Waals surface area (Å²) in [5.74, 6) is 0.613. The molecule has 2 aromatic rings. The molecule has 0 fully saturated rings. The molecule has 0 aliphatic rings. The highest BCUT2D eigenvalue weighted by Crippen LogP contribution is 2.25. The van der Waals surface area contributed by atoms with Crippen molar-refractivity contribution in [3.8, 4) is 0 Å². The molecule has 1 N–H and O–H groups in total. The van der Waals surface area contributed by atoms with Crippen LogP contribution in [-0.2, 0) is 0 Å². The fraction of sp³-hybridized carbons (Fsp3) is 0.571. The van der Waals surface area contributed by atoms with Gasteiger partial charge in [0.1, 0.15) is 0 Å². The Kier molecular flexibility index (Phi) is 4.99. The Balaban J connectivity index is 2.51. The topological polar surface area (TPSA) is 36.9 Å². The molecular formula is C14H21BrN4S. The third-order valence-corrected chi connectivity index (χ3v) is 3.94. The molecule has 0 aliphatic carbocycles. The molecule has 2 rings (SSSR count). The van der Waals surface area contributed by atoms with Crippen LogP contribution in [0.3, 0.4) is 0 Å². The van der Waals surface area contributed by atoms with Gasteiger partial charge in [0, 0.05) is 17.2 Å². The Labute approximate surface area is 133 Å². The molecule has 0 saturated heterocycles. The minimum absolute atomic E-state index is 0.333. The number of nitrogens with zero attached hydrogens (tertiary/aromatic N) is 3. The number of hydrogen-bond acceptors (Lipinski definition) is 3. The van der Waals surface area contributed by atoms with E-state index in [0.29, 0.717) is 12.0 Å². The van der Waals surface area contributed by atoms with Crippen molar-refractivity contribution in [2.24, 2.45) is 5.92 Å². The summed E-state index contributed by atoms with van der Waals surface area (Å²) in [6.45, 7) is 5.44. The summed E-state index contributed by atoms with van der Waals surface area (Å²) < 4.78 is 3.87. The van der Waals surface area contributed by atoms with Gasteiger partial charge in [0.2, 0.25) is 0 Å². The number of H-pyrrole nitrogens is 1. The summed E-state index contributed by atoms with van der Waals surface area (Å²) in [5, 5.41) is 0. The van der Waals surface area contributed by atoms with Crippen molar-refractivity contribution < 1.29 is 0 Å². The molecule has 1 unspecified atom stereocenters. The highest BCUT2D eigenvalue weighted by Gasteiger charge is 2.18. The number of fused-ring (bicyclic) bond motifs is 1. The molecule has 0 amide bonds. The quantitative estimate of drug-likeness (QED) is 0.822. The summed E-state index contributed by atoms with van der Waals surface area (Å²) in [6.07, 6.45) is 2.90. The lowest BCUT2D eigenvalue weighted by molar-refractivity contribution is 0.290. The molecule has 0 aromatic carbocycles. The van der Waals surface area contributed by atoms with E-state index in [9.17, 15) is 0 Å². The van der Waals surface area contributed by atoms with Gasteiger partial charge < -0.3 is 9.88 Å². The van der Waals surface area contributed by atoms with Gasteiger partial charge in [-0.2, -0.15) is 0 Å². The molecule has 0 spiro atoms. The number of halogens is 1. The molecule has 6 heteroatoms. The lowest BCUT2D eigenvalue weighted by Gasteiger charge is -2.24. The summed E-state index contributed by atoms with van der Waals surface area (Å²) in [5.41, 5.74) is 1.92. The third kappa shape index (κ3) is 3.48. The van der Waals surface area contributed by atoms with Crippen LogP contribution in [0, 0.1) is 10.7 Å². The zero-order valence-electron chi connectivity index (χ0n) is 12.4. The predicted molar refractivity (Wildman–Crippen MR) is 89.7 cm³/mol. The van der Waals surface area contributed by atoms with Crippen molar-refractivity contribution in [2.75, 3.05) is 20.6 Å². The second kappa shape index (κ2) is 6.37. The van der Waals surface area contributed by atoms with E-state index in [-0.39, 0.29) is 0 Å². The smallest absolute Gasteiger partial charge is 0.179 e. The normalized spacial score (nSPS) is 13.6. The van der Waals surface area contributed by atoms with Gasteiger partial charge in [0.25, 0.3) is 0 Å². The number of nitrogens with one attached hydrogen (secondary N) is 1. The van der Waals surface area contributed by atoms with Gasteiger partial charge in [-0.05, 0) is 60.6 Å². The monoisotopic (exact) mass is 356 g/mol. The van der Waals surface area contributed by atoms with Crippen LogP contribution >= 0.6 is 28.1 Å². The van der Waals surface area contributed by atoms with Gasteiger partial charge in [-0.1, -0.05) is 13.8 Å². The molecule has 2 aromatic heterocycles. The fourth-order valence-corrected chi connectivity index (χ4v) is 3.23. The van der Waals surface area contributed by atoms with E-state index < -0.39 is 0 Å². The number of hydrogen-bond donors (Lipinski definition) is 1. The van der Waals surface area contributed by atoms with Crippen LogP contribution in [-0.4, -0.2) is 40.1 Å². The fourth-order valence-electron chi connectivity index (χ4n) is 2.55. The number of imidazole rings is 1.